The van der Waals surface area contributed by atoms with Crippen molar-refractivity contribution < 1.29 is 0 Å². The molecule has 1 aromatic rings. The minimum Gasteiger partial charge on any atom is -0.313 e. The molecule has 1 fully saturated rings. The fraction of sp³-hybridized carbons (Fsp3) is 0.611. The van der Waals surface area contributed by atoms with Crippen LogP contribution in [0.5, 0.6) is 0 Å². The number of nitrogens with zero attached hydrogens (tertiary/aromatic N) is 1. The van der Waals surface area contributed by atoms with Gasteiger partial charge in [0.25, 0.3) is 0 Å². The lowest BCUT2D eigenvalue weighted by Crippen LogP contribution is -2.20. The van der Waals surface area contributed by atoms with Gasteiger partial charge in [-0.15, -0.1) is 0 Å². The van der Waals surface area contributed by atoms with Crippen LogP contribution in [0.15, 0.2) is 18.2 Å². The summed E-state index contributed by atoms with van der Waals surface area (Å²) in [5.74, 6) is 1.88. The largest absolute Gasteiger partial charge is 0.313 e. The first-order valence-electron chi connectivity index (χ1n) is 7.89. The van der Waals surface area contributed by atoms with Gasteiger partial charge in [-0.05, 0) is 55.0 Å². The molecule has 1 N–H and O–H groups in total. The van der Waals surface area contributed by atoms with Crippen LogP contribution in [0.4, 0.5) is 0 Å². The summed E-state index contributed by atoms with van der Waals surface area (Å²) in [7, 11) is 0. The molecule has 1 aliphatic rings. The lowest BCUT2D eigenvalue weighted by Gasteiger charge is -2.26. The van der Waals surface area contributed by atoms with Gasteiger partial charge in [0.15, 0.2) is 0 Å². The van der Waals surface area contributed by atoms with E-state index in [0.29, 0.717) is 0 Å². The van der Waals surface area contributed by atoms with E-state index in [0.717, 1.165) is 30.5 Å². The van der Waals surface area contributed by atoms with Gasteiger partial charge >= 0.3 is 0 Å². The fourth-order valence-corrected chi connectivity index (χ4v) is 3.11. The monoisotopic (exact) mass is 270 g/mol. The van der Waals surface area contributed by atoms with E-state index in [-0.39, 0.29) is 0 Å². The minimum absolute atomic E-state index is 0.752. The van der Waals surface area contributed by atoms with Crippen molar-refractivity contribution in [2.24, 2.45) is 11.8 Å². The maximum absolute atomic E-state index is 8.86. The molecule has 0 unspecified atom stereocenters. The number of hydrogen-bond donors (Lipinski definition) is 1. The number of hydrogen-bond acceptors (Lipinski definition) is 2. The van der Waals surface area contributed by atoms with Crippen LogP contribution in [0.1, 0.15) is 55.7 Å². The molecule has 20 heavy (non-hydrogen) atoms. The SMILES string of the molecule is Cc1cc(C#N)ccc1CNCCC1CCC(C)CC1. The van der Waals surface area contributed by atoms with Crippen LogP contribution in [-0.2, 0) is 6.54 Å². The molecule has 0 amide bonds. The van der Waals surface area contributed by atoms with Crippen molar-refractivity contribution in [1.82, 2.24) is 5.32 Å². The van der Waals surface area contributed by atoms with Crippen molar-refractivity contribution in [3.05, 3.63) is 34.9 Å². The second-order valence-electron chi connectivity index (χ2n) is 6.34. The van der Waals surface area contributed by atoms with Crippen LogP contribution in [0.3, 0.4) is 0 Å². The summed E-state index contributed by atoms with van der Waals surface area (Å²) >= 11 is 0. The van der Waals surface area contributed by atoms with E-state index >= 15 is 0 Å². The molecule has 0 saturated heterocycles. The van der Waals surface area contributed by atoms with E-state index in [9.17, 15) is 0 Å². The molecule has 2 nitrogen and oxygen atoms in total. The summed E-state index contributed by atoms with van der Waals surface area (Å²) in [4.78, 5) is 0. The third kappa shape index (κ3) is 4.35. The zero-order valence-electron chi connectivity index (χ0n) is 12.8. The predicted molar refractivity (Wildman–Crippen MR) is 83.3 cm³/mol. The molecular formula is C18H26N2. The molecule has 0 aliphatic heterocycles. The topological polar surface area (TPSA) is 35.8 Å². The van der Waals surface area contributed by atoms with E-state index < -0.39 is 0 Å². The first kappa shape index (κ1) is 15.1. The van der Waals surface area contributed by atoms with Crippen molar-refractivity contribution in [2.75, 3.05) is 6.54 Å². The Morgan fingerprint density at radius 3 is 2.65 bits per heavy atom. The molecule has 0 heterocycles. The Morgan fingerprint density at radius 2 is 2.00 bits per heavy atom. The standard InChI is InChI=1S/C18H26N2/c1-14-3-5-16(6-4-14)9-10-20-13-18-8-7-17(12-19)11-15(18)2/h7-8,11,14,16,20H,3-6,9-10,13H2,1-2H3. The zero-order valence-corrected chi connectivity index (χ0v) is 12.8. The molecule has 1 saturated carbocycles. The smallest absolute Gasteiger partial charge is 0.0991 e. The van der Waals surface area contributed by atoms with E-state index in [1.54, 1.807) is 0 Å². The van der Waals surface area contributed by atoms with Gasteiger partial charge < -0.3 is 5.32 Å². The number of benzene rings is 1. The van der Waals surface area contributed by atoms with Crippen molar-refractivity contribution in [2.45, 2.75) is 52.5 Å². The average Bonchev–Trinajstić information content (AvgIpc) is 2.46. The van der Waals surface area contributed by atoms with E-state index in [4.69, 9.17) is 5.26 Å². The highest BCUT2D eigenvalue weighted by Crippen LogP contribution is 2.29. The first-order chi connectivity index (χ1) is 9.69. The van der Waals surface area contributed by atoms with Crippen molar-refractivity contribution in [3.63, 3.8) is 0 Å². The number of nitriles is 1. The number of nitrogens with one attached hydrogen (secondary N) is 1. The highest BCUT2D eigenvalue weighted by Gasteiger charge is 2.17. The number of aryl methyl sites for hydroxylation is 1. The highest BCUT2D eigenvalue weighted by atomic mass is 14.8. The lowest BCUT2D eigenvalue weighted by molar-refractivity contribution is 0.275. The summed E-state index contributed by atoms with van der Waals surface area (Å²) in [5.41, 5.74) is 3.27. The maximum Gasteiger partial charge on any atom is 0.0991 e. The second-order valence-corrected chi connectivity index (χ2v) is 6.34. The Labute approximate surface area is 123 Å². The molecule has 0 spiro atoms. The van der Waals surface area contributed by atoms with Crippen LogP contribution in [0.2, 0.25) is 0 Å². The summed E-state index contributed by atoms with van der Waals surface area (Å²) in [6.07, 6.45) is 6.97. The fourth-order valence-electron chi connectivity index (χ4n) is 3.11. The summed E-state index contributed by atoms with van der Waals surface area (Å²) in [5, 5.41) is 12.4. The first-order valence-corrected chi connectivity index (χ1v) is 7.89. The molecular weight excluding hydrogens is 244 g/mol. The van der Waals surface area contributed by atoms with Crippen LogP contribution in [0, 0.1) is 30.1 Å². The van der Waals surface area contributed by atoms with Gasteiger partial charge in [0.2, 0.25) is 0 Å². The van der Waals surface area contributed by atoms with E-state index in [1.807, 2.05) is 12.1 Å². The molecule has 1 aromatic carbocycles. The Morgan fingerprint density at radius 1 is 1.25 bits per heavy atom. The normalized spacial score (nSPS) is 22.4. The van der Waals surface area contributed by atoms with E-state index in [1.165, 1.54) is 43.2 Å². The molecule has 0 radical (unpaired) electrons. The van der Waals surface area contributed by atoms with Crippen LogP contribution < -0.4 is 5.32 Å². The third-order valence-electron chi connectivity index (χ3n) is 4.65. The van der Waals surface area contributed by atoms with Gasteiger partial charge in [-0.3, -0.25) is 0 Å². The molecule has 2 rings (SSSR count). The Kier molecular flexibility index (Phi) is 5.61. The summed E-state index contributed by atoms with van der Waals surface area (Å²) < 4.78 is 0. The lowest BCUT2D eigenvalue weighted by atomic mass is 9.81. The van der Waals surface area contributed by atoms with Gasteiger partial charge in [-0.25, -0.2) is 0 Å². The predicted octanol–water partition coefficient (Wildman–Crippen LogP) is 4.17. The highest BCUT2D eigenvalue weighted by molar-refractivity contribution is 5.37. The van der Waals surface area contributed by atoms with Crippen LogP contribution >= 0.6 is 0 Å². The summed E-state index contributed by atoms with van der Waals surface area (Å²) in [6, 6.07) is 8.14. The van der Waals surface area contributed by atoms with Crippen LogP contribution in [0.25, 0.3) is 0 Å². The van der Waals surface area contributed by atoms with Gasteiger partial charge in [-0.2, -0.15) is 5.26 Å². The quantitative estimate of drug-likeness (QED) is 0.815. The molecule has 108 valence electrons. The average molecular weight is 270 g/mol. The van der Waals surface area contributed by atoms with Gasteiger partial charge in [0.1, 0.15) is 0 Å². The maximum atomic E-state index is 8.86. The zero-order chi connectivity index (χ0) is 14.4. The second kappa shape index (κ2) is 7.45. The third-order valence-corrected chi connectivity index (χ3v) is 4.65. The Hall–Kier alpha value is -1.33. The van der Waals surface area contributed by atoms with Crippen molar-refractivity contribution >= 4 is 0 Å². The van der Waals surface area contributed by atoms with Gasteiger partial charge in [0.05, 0.1) is 11.6 Å². The Balaban J connectivity index is 1.70. The van der Waals surface area contributed by atoms with Crippen molar-refractivity contribution in [3.8, 4) is 6.07 Å². The van der Waals surface area contributed by atoms with Crippen molar-refractivity contribution in [1.29, 1.82) is 5.26 Å². The van der Waals surface area contributed by atoms with E-state index in [2.05, 4.69) is 31.3 Å². The Bertz CT molecular complexity index is 465. The van der Waals surface area contributed by atoms with Crippen LogP contribution in [-0.4, -0.2) is 6.54 Å². The van der Waals surface area contributed by atoms with Gasteiger partial charge in [-0.1, -0.05) is 38.7 Å². The molecule has 0 aromatic heterocycles. The molecule has 0 bridgehead atoms. The molecule has 0 atom stereocenters. The number of rotatable bonds is 5. The molecule has 2 heteroatoms. The van der Waals surface area contributed by atoms with Gasteiger partial charge in [0, 0.05) is 6.54 Å². The summed E-state index contributed by atoms with van der Waals surface area (Å²) in [6.45, 7) is 6.49. The molecule has 1 aliphatic carbocycles. The minimum atomic E-state index is 0.752.